The highest BCUT2D eigenvalue weighted by atomic mass is 31.1. The summed E-state index contributed by atoms with van der Waals surface area (Å²) in [5, 5.41) is -0.477. The van der Waals surface area contributed by atoms with Crippen LogP contribution < -0.4 is 5.30 Å². The Morgan fingerprint density at radius 1 is 0.824 bits per heavy atom. The highest BCUT2D eigenvalue weighted by molar-refractivity contribution is 7.66. The molecule has 0 atom stereocenters. The number of aromatic nitrogens is 1. The van der Waals surface area contributed by atoms with Crippen molar-refractivity contribution in [2.45, 2.75) is 39.0 Å². The number of pyridine rings is 1. The van der Waals surface area contributed by atoms with Crippen LogP contribution in [0.1, 0.15) is 27.7 Å². The minimum atomic E-state index is -1.58. The third kappa shape index (κ3) is 2.76. The molecule has 0 amide bonds. The van der Waals surface area contributed by atoms with E-state index in [-0.39, 0.29) is 11.3 Å². The van der Waals surface area contributed by atoms with E-state index >= 15 is 0 Å². The maximum absolute atomic E-state index is 13.6. The molecular formula is C11H14F4NP. The molecular weight excluding hydrogens is 253 g/mol. The van der Waals surface area contributed by atoms with E-state index in [0.29, 0.717) is 0 Å². The molecule has 1 nitrogen and oxygen atoms in total. The van der Waals surface area contributed by atoms with Crippen LogP contribution in [-0.2, 0) is 0 Å². The van der Waals surface area contributed by atoms with Gasteiger partial charge in [0.25, 0.3) is 11.9 Å². The van der Waals surface area contributed by atoms with Gasteiger partial charge in [0.2, 0.25) is 0 Å². The molecule has 0 aromatic carbocycles. The van der Waals surface area contributed by atoms with Crippen molar-refractivity contribution in [3.05, 3.63) is 23.5 Å². The molecule has 96 valence electrons. The smallest absolute Gasteiger partial charge is 0.201 e. The number of hydrogen-bond donors (Lipinski definition) is 0. The van der Waals surface area contributed by atoms with Gasteiger partial charge in [0.15, 0.2) is 11.6 Å². The third-order valence-electron chi connectivity index (χ3n) is 2.35. The second-order valence-corrected chi connectivity index (χ2v) is 7.59. The van der Waals surface area contributed by atoms with Crippen LogP contribution in [-0.4, -0.2) is 16.3 Å². The second-order valence-electron chi connectivity index (χ2n) is 4.26. The minimum absolute atomic E-state index is 0.0739. The van der Waals surface area contributed by atoms with E-state index in [1.165, 1.54) is 0 Å². The van der Waals surface area contributed by atoms with E-state index in [1.54, 1.807) is 27.7 Å². The molecule has 1 heterocycles. The highest BCUT2D eigenvalue weighted by Gasteiger charge is 2.30. The van der Waals surface area contributed by atoms with Crippen LogP contribution in [0.5, 0.6) is 0 Å². The lowest BCUT2D eigenvalue weighted by atomic mass is 10.4. The summed E-state index contributed by atoms with van der Waals surface area (Å²) in [6.07, 6.45) is 0. The van der Waals surface area contributed by atoms with Crippen LogP contribution >= 0.6 is 7.92 Å². The summed E-state index contributed by atoms with van der Waals surface area (Å²) in [5.41, 5.74) is -0.148. The fourth-order valence-corrected chi connectivity index (χ4v) is 4.68. The summed E-state index contributed by atoms with van der Waals surface area (Å²) >= 11 is 0. The maximum atomic E-state index is 13.6. The minimum Gasteiger partial charge on any atom is -0.201 e. The van der Waals surface area contributed by atoms with Gasteiger partial charge in [-0.2, -0.15) is 13.8 Å². The molecule has 0 bridgehead atoms. The average Bonchev–Trinajstić information content (AvgIpc) is 2.20. The summed E-state index contributed by atoms with van der Waals surface area (Å²) in [4.78, 5) is 2.56. The monoisotopic (exact) mass is 267 g/mol. The zero-order valence-electron chi connectivity index (χ0n) is 10.1. The maximum Gasteiger partial charge on any atom is 0.252 e. The first kappa shape index (κ1) is 14.4. The molecule has 0 radical (unpaired) electrons. The van der Waals surface area contributed by atoms with Gasteiger partial charge in [-0.1, -0.05) is 35.6 Å². The Morgan fingerprint density at radius 3 is 1.47 bits per heavy atom. The molecule has 0 aliphatic carbocycles. The van der Waals surface area contributed by atoms with Gasteiger partial charge < -0.3 is 0 Å². The molecule has 0 aliphatic rings. The largest absolute Gasteiger partial charge is 0.252 e. The molecule has 0 saturated heterocycles. The lowest BCUT2D eigenvalue weighted by Gasteiger charge is -2.26. The molecule has 1 aromatic heterocycles. The van der Waals surface area contributed by atoms with Crippen molar-refractivity contribution < 1.29 is 17.6 Å². The Balaban J connectivity index is 3.47. The second kappa shape index (κ2) is 5.30. The summed E-state index contributed by atoms with van der Waals surface area (Å²) in [6, 6.07) is 0. The fourth-order valence-electron chi connectivity index (χ4n) is 1.82. The first-order valence-electron chi connectivity index (χ1n) is 5.25. The van der Waals surface area contributed by atoms with Crippen molar-refractivity contribution in [3.8, 4) is 0 Å². The fraction of sp³-hybridized carbons (Fsp3) is 0.545. The normalized spacial score (nSPS) is 11.9. The van der Waals surface area contributed by atoms with Gasteiger partial charge in [0.1, 0.15) is 0 Å². The number of halogens is 4. The Hall–Kier alpha value is -0.700. The van der Waals surface area contributed by atoms with Crippen molar-refractivity contribution in [1.29, 1.82) is 0 Å². The number of hydrogen-bond acceptors (Lipinski definition) is 1. The van der Waals surface area contributed by atoms with Gasteiger partial charge in [0, 0.05) is 0 Å². The lowest BCUT2D eigenvalue weighted by Crippen LogP contribution is -2.25. The van der Waals surface area contributed by atoms with Crippen molar-refractivity contribution in [1.82, 2.24) is 4.98 Å². The van der Waals surface area contributed by atoms with Crippen LogP contribution in [0.2, 0.25) is 0 Å². The van der Waals surface area contributed by atoms with Crippen molar-refractivity contribution in [2.75, 3.05) is 0 Å². The highest BCUT2D eigenvalue weighted by Crippen LogP contribution is 2.46. The molecule has 1 aromatic rings. The Kier molecular flexibility index (Phi) is 4.48. The van der Waals surface area contributed by atoms with Gasteiger partial charge in [0.05, 0.1) is 5.30 Å². The molecule has 6 heteroatoms. The van der Waals surface area contributed by atoms with Crippen LogP contribution in [0.4, 0.5) is 17.6 Å². The summed E-state index contributed by atoms with van der Waals surface area (Å²) in [5.74, 6) is -5.88. The molecule has 1 rings (SSSR count). The average molecular weight is 267 g/mol. The molecule has 0 unspecified atom stereocenters. The van der Waals surface area contributed by atoms with Crippen molar-refractivity contribution in [3.63, 3.8) is 0 Å². The van der Waals surface area contributed by atoms with Gasteiger partial charge >= 0.3 is 0 Å². The number of rotatable bonds is 3. The molecule has 0 saturated carbocycles. The molecule has 0 N–H and O–H groups in total. The van der Waals surface area contributed by atoms with Gasteiger partial charge in [-0.05, 0) is 11.3 Å². The third-order valence-corrected chi connectivity index (χ3v) is 5.48. The standard InChI is InChI=1S/C11H14F4NP/c1-5(2)17(6(3)4)9-7(12)10(14)16-11(15)8(9)13/h5-6H,1-4H3. The van der Waals surface area contributed by atoms with E-state index in [1.807, 2.05) is 0 Å². The van der Waals surface area contributed by atoms with Crippen LogP contribution in [0, 0.1) is 23.5 Å². The SMILES string of the molecule is CC(C)P(c1c(F)c(F)nc(F)c1F)C(C)C. The Bertz CT molecular complexity index is 386. The Labute approximate surface area is 99.0 Å². The molecule has 17 heavy (non-hydrogen) atoms. The van der Waals surface area contributed by atoms with Crippen LogP contribution in [0.3, 0.4) is 0 Å². The van der Waals surface area contributed by atoms with Crippen molar-refractivity contribution >= 4 is 13.2 Å². The first-order chi connectivity index (χ1) is 7.77. The van der Waals surface area contributed by atoms with E-state index in [4.69, 9.17) is 0 Å². The summed E-state index contributed by atoms with van der Waals surface area (Å²) in [7, 11) is -1.32. The van der Waals surface area contributed by atoms with Crippen LogP contribution in [0.25, 0.3) is 0 Å². The van der Waals surface area contributed by atoms with E-state index in [0.717, 1.165) is 0 Å². The van der Waals surface area contributed by atoms with E-state index in [2.05, 4.69) is 4.98 Å². The topological polar surface area (TPSA) is 12.9 Å². The molecule has 0 spiro atoms. The van der Waals surface area contributed by atoms with E-state index < -0.39 is 36.8 Å². The van der Waals surface area contributed by atoms with Crippen molar-refractivity contribution in [2.24, 2.45) is 0 Å². The predicted octanol–water partition coefficient (Wildman–Crippen LogP) is 3.56. The van der Waals surface area contributed by atoms with Gasteiger partial charge in [-0.15, -0.1) is 0 Å². The van der Waals surface area contributed by atoms with Gasteiger partial charge in [-0.25, -0.2) is 8.78 Å². The summed E-state index contributed by atoms with van der Waals surface area (Å²) < 4.78 is 53.2. The summed E-state index contributed by atoms with van der Waals surface area (Å²) in [6.45, 7) is 7.11. The zero-order chi connectivity index (χ0) is 13.3. The Morgan fingerprint density at radius 2 is 1.18 bits per heavy atom. The number of nitrogens with zero attached hydrogens (tertiary/aromatic N) is 1. The molecule has 0 aliphatic heterocycles. The quantitative estimate of drug-likeness (QED) is 0.463. The zero-order valence-corrected chi connectivity index (χ0v) is 11.0. The molecule has 0 fully saturated rings. The predicted molar refractivity (Wildman–Crippen MR) is 60.9 cm³/mol. The van der Waals surface area contributed by atoms with Gasteiger partial charge in [-0.3, -0.25) is 0 Å². The van der Waals surface area contributed by atoms with E-state index in [9.17, 15) is 17.6 Å². The van der Waals surface area contributed by atoms with Crippen LogP contribution in [0.15, 0.2) is 0 Å². The first-order valence-corrected chi connectivity index (χ1v) is 6.73. The lowest BCUT2D eigenvalue weighted by molar-refractivity contribution is 0.414.